The molecule has 1 amide bonds. The van der Waals surface area contributed by atoms with E-state index < -0.39 is 11.4 Å². The van der Waals surface area contributed by atoms with Crippen LogP contribution >= 0.6 is 0 Å². The van der Waals surface area contributed by atoms with Crippen LogP contribution in [-0.4, -0.2) is 45.2 Å². The van der Waals surface area contributed by atoms with Crippen LogP contribution in [0.25, 0.3) is 0 Å². The molecule has 0 aromatic carbocycles. The van der Waals surface area contributed by atoms with Crippen LogP contribution in [-0.2, 0) is 4.79 Å². The van der Waals surface area contributed by atoms with Gasteiger partial charge >= 0.3 is 5.97 Å². The molecule has 2 rings (SSSR count). The second-order valence-corrected chi connectivity index (χ2v) is 5.58. The van der Waals surface area contributed by atoms with E-state index in [9.17, 15) is 14.7 Å². The molecule has 6 heteroatoms. The standard InChI is InChI=1S/C14H21N3O3/c1-4-14(13(19)20)6-5-7-17(8-14)12(18)11-9(2)15-16-10(11)3/h4-8H2,1-3H3,(H,15,16)(H,19,20). The Balaban J connectivity index is 2.25. The zero-order valence-corrected chi connectivity index (χ0v) is 12.2. The van der Waals surface area contributed by atoms with Crippen LogP contribution < -0.4 is 0 Å². The smallest absolute Gasteiger partial charge is 0.311 e. The largest absolute Gasteiger partial charge is 0.481 e. The van der Waals surface area contributed by atoms with E-state index in [1.807, 2.05) is 6.92 Å². The first-order valence-electron chi connectivity index (χ1n) is 6.95. The lowest BCUT2D eigenvalue weighted by molar-refractivity contribution is -0.152. The van der Waals surface area contributed by atoms with Crippen LogP contribution in [0.1, 0.15) is 47.9 Å². The molecule has 0 radical (unpaired) electrons. The van der Waals surface area contributed by atoms with Gasteiger partial charge in [-0.25, -0.2) is 0 Å². The van der Waals surface area contributed by atoms with E-state index in [4.69, 9.17) is 0 Å². The highest BCUT2D eigenvalue weighted by Crippen LogP contribution is 2.34. The highest BCUT2D eigenvalue weighted by Gasteiger charge is 2.42. The maximum atomic E-state index is 12.6. The van der Waals surface area contributed by atoms with Crippen molar-refractivity contribution in [2.45, 2.75) is 40.0 Å². The third kappa shape index (κ3) is 2.30. The number of amides is 1. The number of aromatic amines is 1. The molecule has 110 valence electrons. The molecule has 1 atom stereocenters. The van der Waals surface area contributed by atoms with Gasteiger partial charge in [-0.2, -0.15) is 5.10 Å². The second kappa shape index (κ2) is 5.26. The quantitative estimate of drug-likeness (QED) is 0.882. The number of aliphatic carboxylic acids is 1. The summed E-state index contributed by atoms with van der Waals surface area (Å²) < 4.78 is 0. The highest BCUT2D eigenvalue weighted by molar-refractivity contribution is 5.96. The van der Waals surface area contributed by atoms with E-state index in [1.54, 1.807) is 18.7 Å². The molecule has 6 nitrogen and oxygen atoms in total. The monoisotopic (exact) mass is 279 g/mol. The number of aryl methyl sites for hydroxylation is 2. The number of piperidine rings is 1. The number of aromatic nitrogens is 2. The molecule has 0 bridgehead atoms. The first-order chi connectivity index (χ1) is 9.41. The van der Waals surface area contributed by atoms with Gasteiger partial charge in [-0.05, 0) is 33.1 Å². The molecule has 1 saturated heterocycles. The van der Waals surface area contributed by atoms with Crippen LogP contribution in [0.4, 0.5) is 0 Å². The Morgan fingerprint density at radius 3 is 2.65 bits per heavy atom. The molecule has 1 aromatic rings. The number of carboxylic acids is 1. The first kappa shape index (κ1) is 14.6. The van der Waals surface area contributed by atoms with Crippen molar-refractivity contribution in [1.29, 1.82) is 0 Å². The molecule has 0 saturated carbocycles. The average molecular weight is 279 g/mol. The van der Waals surface area contributed by atoms with Gasteiger partial charge in [-0.1, -0.05) is 6.92 Å². The lowest BCUT2D eigenvalue weighted by Crippen LogP contribution is -2.49. The summed E-state index contributed by atoms with van der Waals surface area (Å²) >= 11 is 0. The Bertz CT molecular complexity index is 518. The fourth-order valence-electron chi connectivity index (χ4n) is 2.94. The third-order valence-electron chi connectivity index (χ3n) is 4.34. The van der Waals surface area contributed by atoms with Crippen molar-refractivity contribution < 1.29 is 14.7 Å². The normalized spacial score (nSPS) is 22.9. The number of rotatable bonds is 3. The van der Waals surface area contributed by atoms with Crippen molar-refractivity contribution in [2.75, 3.05) is 13.1 Å². The summed E-state index contributed by atoms with van der Waals surface area (Å²) in [6.07, 6.45) is 1.89. The Labute approximate surface area is 118 Å². The summed E-state index contributed by atoms with van der Waals surface area (Å²) in [6.45, 7) is 6.35. The van der Waals surface area contributed by atoms with Crippen LogP contribution in [0, 0.1) is 19.3 Å². The minimum absolute atomic E-state index is 0.118. The molecule has 1 unspecified atom stereocenters. The van der Waals surface area contributed by atoms with Gasteiger partial charge in [-0.15, -0.1) is 0 Å². The second-order valence-electron chi connectivity index (χ2n) is 5.58. The predicted molar refractivity (Wildman–Crippen MR) is 73.6 cm³/mol. The van der Waals surface area contributed by atoms with Gasteiger partial charge in [0.25, 0.3) is 5.91 Å². The van der Waals surface area contributed by atoms with Gasteiger partial charge in [0.15, 0.2) is 0 Å². The number of carbonyl (C=O) groups is 2. The van der Waals surface area contributed by atoms with Crippen molar-refractivity contribution in [1.82, 2.24) is 15.1 Å². The summed E-state index contributed by atoms with van der Waals surface area (Å²) in [5.41, 5.74) is 1.16. The Morgan fingerprint density at radius 2 is 2.15 bits per heavy atom. The number of H-pyrrole nitrogens is 1. The van der Waals surface area contributed by atoms with E-state index in [0.29, 0.717) is 30.6 Å². The molecule has 20 heavy (non-hydrogen) atoms. The fourth-order valence-corrected chi connectivity index (χ4v) is 2.94. The van der Waals surface area contributed by atoms with Crippen molar-refractivity contribution in [3.05, 3.63) is 17.0 Å². The minimum Gasteiger partial charge on any atom is -0.481 e. The first-order valence-corrected chi connectivity index (χ1v) is 6.95. The van der Waals surface area contributed by atoms with Gasteiger partial charge in [0.05, 0.1) is 16.7 Å². The lowest BCUT2D eigenvalue weighted by atomic mass is 9.77. The zero-order chi connectivity index (χ0) is 14.9. The molecular formula is C14H21N3O3. The molecule has 2 heterocycles. The molecule has 1 aliphatic heterocycles. The van der Waals surface area contributed by atoms with Gasteiger partial charge in [0.2, 0.25) is 0 Å². The van der Waals surface area contributed by atoms with Crippen LogP contribution in [0.15, 0.2) is 0 Å². The van der Waals surface area contributed by atoms with E-state index in [1.165, 1.54) is 0 Å². The fraction of sp³-hybridized carbons (Fsp3) is 0.643. The average Bonchev–Trinajstić information content (AvgIpc) is 2.77. The minimum atomic E-state index is -0.807. The molecule has 0 aliphatic carbocycles. The van der Waals surface area contributed by atoms with Gasteiger partial charge in [-0.3, -0.25) is 14.7 Å². The summed E-state index contributed by atoms with van der Waals surface area (Å²) in [7, 11) is 0. The SMILES string of the molecule is CCC1(C(=O)O)CCCN(C(=O)c2c(C)n[nH]c2C)C1. The zero-order valence-electron chi connectivity index (χ0n) is 12.2. The van der Waals surface area contributed by atoms with E-state index in [0.717, 1.165) is 12.1 Å². The van der Waals surface area contributed by atoms with Crippen molar-refractivity contribution in [3.8, 4) is 0 Å². The summed E-state index contributed by atoms with van der Waals surface area (Å²) in [4.78, 5) is 25.8. The van der Waals surface area contributed by atoms with Crippen LogP contribution in [0.2, 0.25) is 0 Å². The van der Waals surface area contributed by atoms with Gasteiger partial charge in [0, 0.05) is 18.8 Å². The molecular weight excluding hydrogens is 258 g/mol. The number of carbonyl (C=O) groups excluding carboxylic acids is 1. The number of carboxylic acid groups (broad SMARTS) is 1. The summed E-state index contributed by atoms with van der Waals surface area (Å²) in [5, 5.41) is 16.3. The van der Waals surface area contributed by atoms with Crippen LogP contribution in [0.5, 0.6) is 0 Å². The van der Waals surface area contributed by atoms with E-state index >= 15 is 0 Å². The van der Waals surface area contributed by atoms with Gasteiger partial charge < -0.3 is 10.0 Å². The molecule has 1 aromatic heterocycles. The Kier molecular flexibility index (Phi) is 3.83. The molecule has 1 aliphatic rings. The van der Waals surface area contributed by atoms with Crippen molar-refractivity contribution >= 4 is 11.9 Å². The number of likely N-dealkylation sites (tertiary alicyclic amines) is 1. The number of nitrogens with zero attached hydrogens (tertiary/aromatic N) is 2. The Hall–Kier alpha value is -1.85. The van der Waals surface area contributed by atoms with Gasteiger partial charge in [0.1, 0.15) is 0 Å². The molecule has 2 N–H and O–H groups in total. The van der Waals surface area contributed by atoms with E-state index in [2.05, 4.69) is 10.2 Å². The summed E-state index contributed by atoms with van der Waals surface area (Å²) in [6, 6.07) is 0. The molecule has 0 spiro atoms. The number of nitrogens with one attached hydrogen (secondary N) is 1. The molecule has 1 fully saturated rings. The topological polar surface area (TPSA) is 86.3 Å². The van der Waals surface area contributed by atoms with Crippen molar-refractivity contribution in [2.24, 2.45) is 5.41 Å². The lowest BCUT2D eigenvalue weighted by Gasteiger charge is -2.39. The van der Waals surface area contributed by atoms with Crippen molar-refractivity contribution in [3.63, 3.8) is 0 Å². The number of hydrogen-bond donors (Lipinski definition) is 2. The van der Waals surface area contributed by atoms with E-state index in [-0.39, 0.29) is 12.5 Å². The third-order valence-corrected chi connectivity index (χ3v) is 4.34. The maximum absolute atomic E-state index is 12.6. The van der Waals surface area contributed by atoms with Crippen LogP contribution in [0.3, 0.4) is 0 Å². The maximum Gasteiger partial charge on any atom is 0.311 e. The summed E-state index contributed by atoms with van der Waals surface area (Å²) in [5.74, 6) is -0.925. The predicted octanol–water partition coefficient (Wildman–Crippen LogP) is 1.74. The Morgan fingerprint density at radius 1 is 1.45 bits per heavy atom. The highest BCUT2D eigenvalue weighted by atomic mass is 16.4. The number of hydrogen-bond acceptors (Lipinski definition) is 3.